The van der Waals surface area contributed by atoms with Crippen LogP contribution in [-0.4, -0.2) is 32.2 Å². The zero-order valence-electron chi connectivity index (χ0n) is 5.61. The summed E-state index contributed by atoms with van der Waals surface area (Å²) in [6.45, 7) is 0.806. The number of quaternary nitrogens is 1. The van der Waals surface area contributed by atoms with Gasteiger partial charge in [0.05, 0.1) is 21.1 Å². The maximum Gasteiger partial charge on any atom is 0.140 e. The Morgan fingerprint density at radius 2 is 1.75 bits per heavy atom. The average Bonchev–Trinajstić information content (AvgIpc) is 1.30. The first-order chi connectivity index (χ1) is 3.06. The Morgan fingerprint density at radius 3 is 1.75 bits per heavy atom. The molecule has 2 heteroatoms. The topological polar surface area (TPSA) is 0 Å². The van der Waals surface area contributed by atoms with Gasteiger partial charge < -0.3 is 28.5 Å². The fourth-order valence-electron chi connectivity index (χ4n) is 0.274. The van der Waals surface area contributed by atoms with E-state index in [1.165, 1.54) is 0 Å². The van der Waals surface area contributed by atoms with Crippen molar-refractivity contribution in [2.75, 3.05) is 27.7 Å². The summed E-state index contributed by atoms with van der Waals surface area (Å²) >= 11 is 0. The monoisotopic (exact) mass is 225 g/mol. The Morgan fingerprint density at radius 1 is 1.38 bits per heavy atom. The molecule has 0 spiro atoms. The minimum absolute atomic E-state index is 0. The van der Waals surface area contributed by atoms with E-state index in [4.69, 9.17) is 6.42 Å². The Labute approximate surface area is 68.7 Å². The molecule has 0 aromatic heterocycles. The summed E-state index contributed by atoms with van der Waals surface area (Å²) in [5.74, 6) is 2.58. The number of halogens is 1. The second kappa shape index (κ2) is 4.16. The number of nitrogens with zero attached hydrogens (tertiary/aromatic N) is 1. The van der Waals surface area contributed by atoms with Crippen molar-refractivity contribution in [2.24, 2.45) is 0 Å². The Balaban J connectivity index is 0. The first-order valence-electron chi connectivity index (χ1n) is 2.30. The van der Waals surface area contributed by atoms with Gasteiger partial charge in [-0.3, -0.25) is 0 Å². The van der Waals surface area contributed by atoms with Gasteiger partial charge in [0, 0.05) is 0 Å². The van der Waals surface area contributed by atoms with Crippen molar-refractivity contribution in [2.45, 2.75) is 0 Å². The molecule has 0 aromatic carbocycles. The summed E-state index contributed by atoms with van der Waals surface area (Å²) < 4.78 is 0.858. The lowest BCUT2D eigenvalue weighted by Crippen LogP contribution is -3.00. The highest BCUT2D eigenvalue weighted by Crippen LogP contribution is 1.84. The van der Waals surface area contributed by atoms with Crippen LogP contribution < -0.4 is 24.0 Å². The van der Waals surface area contributed by atoms with Gasteiger partial charge in [0.25, 0.3) is 0 Å². The maximum absolute atomic E-state index is 5.05. The molecule has 8 heavy (non-hydrogen) atoms. The van der Waals surface area contributed by atoms with Crippen molar-refractivity contribution in [3.63, 3.8) is 0 Å². The molecule has 0 N–H and O–H groups in total. The lowest BCUT2D eigenvalue weighted by Gasteiger charge is -2.19. The predicted octanol–water partition coefficient (Wildman–Crippen LogP) is -2.67. The van der Waals surface area contributed by atoms with Crippen LogP contribution in [0.5, 0.6) is 0 Å². The summed E-state index contributed by atoms with van der Waals surface area (Å²) in [4.78, 5) is 0. The lowest BCUT2D eigenvalue weighted by atomic mass is 10.5. The zero-order valence-corrected chi connectivity index (χ0v) is 7.77. The third kappa shape index (κ3) is 9.54. The van der Waals surface area contributed by atoms with Crippen molar-refractivity contribution in [3.8, 4) is 12.3 Å². The standard InChI is InChI=1S/C6H12N.HI/c1-5-6-7(2,3)4;/h1H,6H2,2-4H3;1H/q+1;/p-1. The molecule has 0 saturated carbocycles. The molecule has 0 amide bonds. The van der Waals surface area contributed by atoms with Crippen LogP contribution in [0.2, 0.25) is 0 Å². The van der Waals surface area contributed by atoms with Gasteiger partial charge in [-0.1, -0.05) is 0 Å². The van der Waals surface area contributed by atoms with Crippen LogP contribution in [-0.2, 0) is 0 Å². The van der Waals surface area contributed by atoms with Gasteiger partial charge >= 0.3 is 0 Å². The van der Waals surface area contributed by atoms with Crippen LogP contribution in [0.4, 0.5) is 0 Å². The zero-order chi connectivity index (χ0) is 5.91. The van der Waals surface area contributed by atoms with Crippen LogP contribution in [0.1, 0.15) is 0 Å². The Hall–Kier alpha value is 0.250. The van der Waals surface area contributed by atoms with Gasteiger partial charge in [-0.05, 0) is 5.92 Å². The smallest absolute Gasteiger partial charge is 0.140 e. The third-order valence-corrected chi connectivity index (χ3v) is 0.566. The minimum Gasteiger partial charge on any atom is -1.00 e. The van der Waals surface area contributed by atoms with Gasteiger partial charge in [0.1, 0.15) is 6.54 Å². The number of hydrogen-bond donors (Lipinski definition) is 0. The first-order valence-corrected chi connectivity index (χ1v) is 2.30. The molecule has 0 atom stereocenters. The van der Waals surface area contributed by atoms with Crippen molar-refractivity contribution in [3.05, 3.63) is 0 Å². The van der Waals surface area contributed by atoms with Gasteiger partial charge in [-0.25, -0.2) is 0 Å². The van der Waals surface area contributed by atoms with E-state index in [9.17, 15) is 0 Å². The molecule has 0 saturated heterocycles. The fraction of sp³-hybridized carbons (Fsp3) is 0.667. The fourth-order valence-corrected chi connectivity index (χ4v) is 0.274. The van der Waals surface area contributed by atoms with Crippen LogP contribution in [0, 0.1) is 12.3 Å². The van der Waals surface area contributed by atoms with Crippen molar-refractivity contribution >= 4 is 0 Å². The van der Waals surface area contributed by atoms with Crippen LogP contribution in [0.3, 0.4) is 0 Å². The Bertz CT molecular complexity index is 85.7. The van der Waals surface area contributed by atoms with E-state index in [1.54, 1.807) is 0 Å². The molecule has 48 valence electrons. The van der Waals surface area contributed by atoms with E-state index in [-0.39, 0.29) is 24.0 Å². The molecule has 0 bridgehead atoms. The SMILES string of the molecule is C#CC[N+](C)(C)C.[I-]. The maximum atomic E-state index is 5.05. The molecule has 0 rings (SSSR count). The molecule has 0 aromatic rings. The average molecular weight is 225 g/mol. The second-order valence-electron chi connectivity index (χ2n) is 2.65. The van der Waals surface area contributed by atoms with E-state index in [1.807, 2.05) is 0 Å². The van der Waals surface area contributed by atoms with E-state index >= 15 is 0 Å². The van der Waals surface area contributed by atoms with Gasteiger partial charge in [-0.15, -0.1) is 6.42 Å². The van der Waals surface area contributed by atoms with Gasteiger partial charge in [0.2, 0.25) is 0 Å². The molecular formula is C6H12IN. The summed E-state index contributed by atoms with van der Waals surface area (Å²) in [5.41, 5.74) is 0. The summed E-state index contributed by atoms with van der Waals surface area (Å²) in [5, 5.41) is 0. The number of rotatable bonds is 1. The van der Waals surface area contributed by atoms with Gasteiger partial charge in [0.15, 0.2) is 0 Å². The molecular weight excluding hydrogens is 213 g/mol. The molecule has 1 nitrogen and oxygen atoms in total. The van der Waals surface area contributed by atoms with E-state index in [2.05, 4.69) is 27.1 Å². The van der Waals surface area contributed by atoms with E-state index in [0.29, 0.717) is 0 Å². The van der Waals surface area contributed by atoms with Crippen LogP contribution in [0.15, 0.2) is 0 Å². The third-order valence-electron chi connectivity index (χ3n) is 0.566. The summed E-state index contributed by atoms with van der Waals surface area (Å²) in [7, 11) is 6.21. The van der Waals surface area contributed by atoms with E-state index < -0.39 is 0 Å². The molecule has 0 aliphatic heterocycles. The summed E-state index contributed by atoms with van der Waals surface area (Å²) in [6, 6.07) is 0. The number of terminal acetylenes is 1. The summed E-state index contributed by atoms with van der Waals surface area (Å²) in [6.07, 6.45) is 5.05. The predicted molar refractivity (Wildman–Crippen MR) is 31.7 cm³/mol. The lowest BCUT2D eigenvalue weighted by molar-refractivity contribution is -0.862. The molecule has 0 aliphatic rings. The first kappa shape index (κ1) is 11.1. The second-order valence-corrected chi connectivity index (χ2v) is 2.65. The largest absolute Gasteiger partial charge is 1.00 e. The number of hydrogen-bond acceptors (Lipinski definition) is 0. The molecule has 0 heterocycles. The van der Waals surface area contributed by atoms with Crippen molar-refractivity contribution in [1.82, 2.24) is 0 Å². The molecule has 0 aliphatic carbocycles. The van der Waals surface area contributed by atoms with Gasteiger partial charge in [-0.2, -0.15) is 0 Å². The van der Waals surface area contributed by atoms with E-state index in [0.717, 1.165) is 11.0 Å². The highest BCUT2D eigenvalue weighted by Gasteiger charge is 2.00. The van der Waals surface area contributed by atoms with Crippen molar-refractivity contribution in [1.29, 1.82) is 0 Å². The minimum atomic E-state index is 0. The normalized spacial score (nSPS) is 9.25. The van der Waals surface area contributed by atoms with Crippen molar-refractivity contribution < 1.29 is 28.5 Å². The highest BCUT2D eigenvalue weighted by molar-refractivity contribution is 4.82. The molecule has 0 unspecified atom stereocenters. The molecule has 0 fully saturated rings. The highest BCUT2D eigenvalue weighted by atomic mass is 127. The van der Waals surface area contributed by atoms with Crippen LogP contribution in [0.25, 0.3) is 0 Å². The van der Waals surface area contributed by atoms with Crippen LogP contribution >= 0.6 is 0 Å². The molecule has 0 radical (unpaired) electrons. The Kier molecular flexibility index (Phi) is 5.77. The quantitative estimate of drug-likeness (QED) is 0.259.